The molecule has 0 aliphatic rings. The smallest absolute Gasteiger partial charge is 0.255 e. The Morgan fingerprint density at radius 2 is 1.83 bits per heavy atom. The summed E-state index contributed by atoms with van der Waals surface area (Å²) in [5.74, 6) is -0.0857. The zero-order valence-electron chi connectivity index (χ0n) is 13.4. The van der Waals surface area contributed by atoms with E-state index in [1.54, 1.807) is 36.4 Å². The Balaban J connectivity index is 2.00. The number of nitrogens with zero attached hydrogens (tertiary/aromatic N) is 1. The molecule has 0 bridgehead atoms. The van der Waals surface area contributed by atoms with Gasteiger partial charge in [-0.15, -0.1) is 0 Å². The van der Waals surface area contributed by atoms with E-state index in [-0.39, 0.29) is 18.3 Å². The molecule has 5 heteroatoms. The van der Waals surface area contributed by atoms with Gasteiger partial charge < -0.3 is 15.0 Å². The van der Waals surface area contributed by atoms with Crippen molar-refractivity contribution in [2.45, 2.75) is 6.54 Å². The highest BCUT2D eigenvalue weighted by Gasteiger charge is 2.12. The van der Waals surface area contributed by atoms with Crippen LogP contribution in [-0.4, -0.2) is 38.1 Å². The molecule has 1 N–H and O–H groups in total. The number of nitrogens with one attached hydrogen (secondary N) is 1. The number of benzene rings is 2. The molecule has 2 aromatic rings. The van der Waals surface area contributed by atoms with E-state index < -0.39 is 0 Å². The lowest BCUT2D eigenvalue weighted by Crippen LogP contribution is -2.25. The quantitative estimate of drug-likeness (QED) is 0.854. The predicted molar refractivity (Wildman–Crippen MR) is 88.1 cm³/mol. The number of hydrogen-bond donors (Lipinski definition) is 1. The standard InChI is InChI=1S/C18H21FN2O2/c1-21(2)11-12-23-17-10-6-4-8-15(17)18(22)20-13-14-7-3-5-9-16(14)19/h3-10H,11-13H2,1-2H3,(H,20,22). The maximum absolute atomic E-state index is 13.6. The minimum atomic E-state index is -0.330. The molecule has 2 rings (SSSR count). The summed E-state index contributed by atoms with van der Waals surface area (Å²) in [6.45, 7) is 1.38. The van der Waals surface area contributed by atoms with Crippen molar-refractivity contribution < 1.29 is 13.9 Å². The molecule has 0 aliphatic heterocycles. The van der Waals surface area contributed by atoms with Gasteiger partial charge in [0.15, 0.2) is 0 Å². The zero-order chi connectivity index (χ0) is 16.7. The number of likely N-dealkylation sites (N-methyl/N-ethyl adjacent to an activating group) is 1. The van der Waals surface area contributed by atoms with E-state index in [1.807, 2.05) is 25.1 Å². The van der Waals surface area contributed by atoms with Gasteiger partial charge >= 0.3 is 0 Å². The monoisotopic (exact) mass is 316 g/mol. The van der Waals surface area contributed by atoms with Gasteiger partial charge in [-0.1, -0.05) is 30.3 Å². The SMILES string of the molecule is CN(C)CCOc1ccccc1C(=O)NCc1ccccc1F. The van der Waals surface area contributed by atoms with E-state index in [2.05, 4.69) is 5.32 Å². The molecule has 0 spiro atoms. The van der Waals surface area contributed by atoms with Gasteiger partial charge in [0, 0.05) is 18.7 Å². The second kappa shape index (κ2) is 8.29. The van der Waals surface area contributed by atoms with E-state index in [4.69, 9.17) is 4.74 Å². The zero-order valence-corrected chi connectivity index (χ0v) is 13.4. The van der Waals surface area contributed by atoms with Crippen molar-refractivity contribution in [2.24, 2.45) is 0 Å². The van der Waals surface area contributed by atoms with Crippen LogP contribution in [0.5, 0.6) is 5.75 Å². The van der Waals surface area contributed by atoms with Gasteiger partial charge in [0.2, 0.25) is 0 Å². The minimum Gasteiger partial charge on any atom is -0.491 e. The summed E-state index contributed by atoms with van der Waals surface area (Å²) in [7, 11) is 3.91. The second-order valence-electron chi connectivity index (χ2n) is 5.42. The summed E-state index contributed by atoms with van der Waals surface area (Å²) in [6.07, 6.45) is 0. The van der Waals surface area contributed by atoms with Crippen LogP contribution in [0.2, 0.25) is 0 Å². The summed E-state index contributed by atoms with van der Waals surface area (Å²) in [5, 5.41) is 2.73. The Morgan fingerprint density at radius 1 is 1.13 bits per heavy atom. The number of rotatable bonds is 7. The van der Waals surface area contributed by atoms with E-state index in [1.165, 1.54) is 6.07 Å². The molecular weight excluding hydrogens is 295 g/mol. The van der Waals surface area contributed by atoms with Crippen molar-refractivity contribution in [3.8, 4) is 5.75 Å². The fourth-order valence-corrected chi connectivity index (χ4v) is 2.03. The summed E-state index contributed by atoms with van der Waals surface area (Å²) in [4.78, 5) is 14.3. The van der Waals surface area contributed by atoms with Crippen LogP contribution in [0.3, 0.4) is 0 Å². The molecule has 0 aliphatic carbocycles. The van der Waals surface area contributed by atoms with E-state index >= 15 is 0 Å². The Kier molecular flexibility index (Phi) is 6.11. The Bertz CT molecular complexity index is 659. The number of hydrogen-bond acceptors (Lipinski definition) is 3. The maximum Gasteiger partial charge on any atom is 0.255 e. The Labute approximate surface area is 135 Å². The van der Waals surface area contributed by atoms with Crippen molar-refractivity contribution in [1.82, 2.24) is 10.2 Å². The molecule has 0 atom stereocenters. The van der Waals surface area contributed by atoms with Crippen molar-refractivity contribution in [3.63, 3.8) is 0 Å². The third kappa shape index (κ3) is 5.07. The largest absolute Gasteiger partial charge is 0.491 e. The molecule has 0 saturated carbocycles. The first-order valence-electron chi connectivity index (χ1n) is 7.46. The third-order valence-electron chi connectivity index (χ3n) is 3.32. The van der Waals surface area contributed by atoms with E-state index in [9.17, 15) is 9.18 Å². The normalized spacial score (nSPS) is 10.6. The van der Waals surface area contributed by atoms with Gasteiger partial charge in [-0.25, -0.2) is 4.39 Å². The fraction of sp³-hybridized carbons (Fsp3) is 0.278. The van der Waals surface area contributed by atoms with Crippen LogP contribution in [0.15, 0.2) is 48.5 Å². The average Bonchev–Trinajstić information content (AvgIpc) is 2.54. The van der Waals surface area contributed by atoms with Gasteiger partial charge in [0.1, 0.15) is 18.2 Å². The van der Waals surface area contributed by atoms with Crippen LogP contribution in [0.1, 0.15) is 15.9 Å². The van der Waals surface area contributed by atoms with Crippen molar-refractivity contribution >= 4 is 5.91 Å². The lowest BCUT2D eigenvalue weighted by Gasteiger charge is -2.14. The topological polar surface area (TPSA) is 41.6 Å². The second-order valence-corrected chi connectivity index (χ2v) is 5.42. The Morgan fingerprint density at radius 3 is 2.57 bits per heavy atom. The molecule has 0 unspecified atom stereocenters. The molecule has 2 aromatic carbocycles. The minimum absolute atomic E-state index is 0.136. The highest BCUT2D eigenvalue weighted by Crippen LogP contribution is 2.18. The van der Waals surface area contributed by atoms with Gasteiger partial charge in [-0.2, -0.15) is 0 Å². The maximum atomic E-state index is 13.6. The van der Waals surface area contributed by atoms with Crippen molar-refractivity contribution in [1.29, 1.82) is 0 Å². The number of amides is 1. The van der Waals surface area contributed by atoms with Crippen LogP contribution >= 0.6 is 0 Å². The van der Waals surface area contributed by atoms with Gasteiger partial charge in [-0.3, -0.25) is 4.79 Å². The third-order valence-corrected chi connectivity index (χ3v) is 3.32. The van der Waals surface area contributed by atoms with E-state index in [0.717, 1.165) is 6.54 Å². The summed E-state index contributed by atoms with van der Waals surface area (Å²) in [5.41, 5.74) is 0.898. The highest BCUT2D eigenvalue weighted by molar-refractivity contribution is 5.96. The molecule has 0 aromatic heterocycles. The molecule has 0 heterocycles. The summed E-state index contributed by atoms with van der Waals surface area (Å²) >= 11 is 0. The van der Waals surface area contributed by atoms with Gasteiger partial charge in [0.25, 0.3) is 5.91 Å². The molecule has 4 nitrogen and oxygen atoms in total. The molecule has 1 amide bonds. The van der Waals surface area contributed by atoms with Crippen molar-refractivity contribution in [2.75, 3.05) is 27.2 Å². The summed E-state index contributed by atoms with van der Waals surface area (Å²) in [6, 6.07) is 13.4. The predicted octanol–water partition coefficient (Wildman–Crippen LogP) is 2.70. The first-order valence-corrected chi connectivity index (χ1v) is 7.46. The van der Waals surface area contributed by atoms with Crippen LogP contribution in [0.25, 0.3) is 0 Å². The molecule has 122 valence electrons. The van der Waals surface area contributed by atoms with Crippen LogP contribution in [-0.2, 0) is 6.54 Å². The number of carbonyl (C=O) groups is 1. The Hall–Kier alpha value is -2.40. The summed E-state index contributed by atoms with van der Waals surface area (Å²) < 4.78 is 19.3. The van der Waals surface area contributed by atoms with Gasteiger partial charge in [0.05, 0.1) is 5.56 Å². The molecule has 0 saturated heterocycles. The van der Waals surface area contributed by atoms with E-state index in [0.29, 0.717) is 23.5 Å². The lowest BCUT2D eigenvalue weighted by molar-refractivity contribution is 0.0946. The average molecular weight is 316 g/mol. The first kappa shape index (κ1) is 17.0. The van der Waals surface area contributed by atoms with Crippen LogP contribution in [0, 0.1) is 5.82 Å². The highest BCUT2D eigenvalue weighted by atomic mass is 19.1. The molecule has 0 fully saturated rings. The fourth-order valence-electron chi connectivity index (χ4n) is 2.03. The van der Waals surface area contributed by atoms with Gasteiger partial charge in [-0.05, 0) is 32.3 Å². The van der Waals surface area contributed by atoms with Crippen molar-refractivity contribution in [3.05, 3.63) is 65.5 Å². The number of carbonyl (C=O) groups excluding carboxylic acids is 1. The molecule has 0 radical (unpaired) electrons. The number of halogens is 1. The first-order chi connectivity index (χ1) is 11.1. The number of para-hydroxylation sites is 1. The number of ether oxygens (including phenoxy) is 1. The molecule has 23 heavy (non-hydrogen) atoms. The van der Waals surface area contributed by atoms with Crippen LogP contribution < -0.4 is 10.1 Å². The van der Waals surface area contributed by atoms with Crippen LogP contribution in [0.4, 0.5) is 4.39 Å². The lowest BCUT2D eigenvalue weighted by atomic mass is 10.1. The molecular formula is C18H21FN2O2.